The van der Waals surface area contributed by atoms with Crippen LogP contribution in [-0.2, 0) is 0 Å². The van der Waals surface area contributed by atoms with Gasteiger partial charge in [-0.15, -0.1) is 0 Å². The fraction of sp³-hybridized carbons (Fsp3) is 0.455. The monoisotopic (exact) mass is 165 g/mol. The number of hydrogen-bond acceptors (Lipinski definition) is 1. The molecule has 0 aromatic rings. The van der Waals surface area contributed by atoms with E-state index in [2.05, 4.69) is 37.9 Å². The van der Waals surface area contributed by atoms with Gasteiger partial charge in [0.25, 0.3) is 0 Å². The van der Waals surface area contributed by atoms with Gasteiger partial charge >= 0.3 is 0 Å². The van der Waals surface area contributed by atoms with Gasteiger partial charge in [0.15, 0.2) is 0 Å². The lowest BCUT2D eigenvalue weighted by molar-refractivity contribution is 0.784. The van der Waals surface area contributed by atoms with Crippen LogP contribution in [0.3, 0.4) is 0 Å². The predicted molar refractivity (Wildman–Crippen MR) is 56.3 cm³/mol. The third-order valence-electron chi connectivity index (χ3n) is 1.71. The standard InChI is InChI=1S/C11H19N/c1-5-10(4)8-11(6-2)9-12-7-3/h5-6,8,12H,2,7,9H2,1,3-4H3/b10-5-,11-8+. The first-order valence-corrected chi connectivity index (χ1v) is 4.41. The summed E-state index contributed by atoms with van der Waals surface area (Å²) in [6, 6.07) is 0. The van der Waals surface area contributed by atoms with E-state index < -0.39 is 0 Å². The highest BCUT2D eigenvalue weighted by Crippen LogP contribution is 2.01. The molecular formula is C11H19N. The summed E-state index contributed by atoms with van der Waals surface area (Å²) in [5, 5.41) is 3.26. The zero-order chi connectivity index (χ0) is 9.40. The number of allylic oxidation sites excluding steroid dienone is 3. The molecule has 0 fully saturated rings. The highest BCUT2D eigenvalue weighted by Gasteiger charge is 1.89. The van der Waals surface area contributed by atoms with E-state index in [1.807, 2.05) is 13.0 Å². The van der Waals surface area contributed by atoms with Gasteiger partial charge in [-0.3, -0.25) is 0 Å². The van der Waals surface area contributed by atoms with E-state index in [-0.39, 0.29) is 0 Å². The fourth-order valence-corrected chi connectivity index (χ4v) is 0.827. The Morgan fingerprint density at radius 3 is 2.58 bits per heavy atom. The Balaban J connectivity index is 4.13. The van der Waals surface area contributed by atoms with Crippen LogP contribution in [0.4, 0.5) is 0 Å². The van der Waals surface area contributed by atoms with Crippen LogP contribution in [0.2, 0.25) is 0 Å². The van der Waals surface area contributed by atoms with Crippen LogP contribution in [0.5, 0.6) is 0 Å². The van der Waals surface area contributed by atoms with Crippen molar-refractivity contribution in [3.05, 3.63) is 36.0 Å². The normalized spacial score (nSPS) is 13.2. The van der Waals surface area contributed by atoms with E-state index in [1.165, 1.54) is 11.1 Å². The molecule has 1 N–H and O–H groups in total. The third-order valence-corrected chi connectivity index (χ3v) is 1.71. The van der Waals surface area contributed by atoms with Gasteiger partial charge in [-0.1, -0.05) is 37.3 Å². The molecule has 0 aromatic heterocycles. The zero-order valence-corrected chi connectivity index (χ0v) is 8.35. The molecule has 68 valence electrons. The van der Waals surface area contributed by atoms with Gasteiger partial charge in [0.2, 0.25) is 0 Å². The van der Waals surface area contributed by atoms with Gasteiger partial charge < -0.3 is 5.32 Å². The lowest BCUT2D eigenvalue weighted by Crippen LogP contribution is -2.15. The van der Waals surface area contributed by atoms with Gasteiger partial charge in [0.05, 0.1) is 0 Å². The van der Waals surface area contributed by atoms with Crippen molar-refractivity contribution < 1.29 is 0 Å². The largest absolute Gasteiger partial charge is 0.313 e. The highest BCUT2D eigenvalue weighted by atomic mass is 14.8. The fourth-order valence-electron chi connectivity index (χ4n) is 0.827. The average molecular weight is 165 g/mol. The van der Waals surface area contributed by atoms with E-state index >= 15 is 0 Å². The Morgan fingerprint density at radius 2 is 2.17 bits per heavy atom. The van der Waals surface area contributed by atoms with Crippen molar-refractivity contribution in [1.29, 1.82) is 0 Å². The van der Waals surface area contributed by atoms with Crippen molar-refractivity contribution in [1.82, 2.24) is 5.32 Å². The Morgan fingerprint density at radius 1 is 1.50 bits per heavy atom. The van der Waals surface area contributed by atoms with Crippen molar-refractivity contribution in [2.75, 3.05) is 13.1 Å². The molecule has 0 aliphatic heterocycles. The quantitative estimate of drug-likeness (QED) is 0.618. The van der Waals surface area contributed by atoms with E-state index in [9.17, 15) is 0 Å². The van der Waals surface area contributed by atoms with Crippen LogP contribution < -0.4 is 5.32 Å². The van der Waals surface area contributed by atoms with Crippen LogP contribution in [0.1, 0.15) is 20.8 Å². The van der Waals surface area contributed by atoms with Crippen LogP contribution in [0, 0.1) is 0 Å². The maximum absolute atomic E-state index is 3.77. The molecule has 0 aliphatic rings. The van der Waals surface area contributed by atoms with Crippen LogP contribution >= 0.6 is 0 Å². The number of nitrogens with one attached hydrogen (secondary N) is 1. The molecule has 0 amide bonds. The van der Waals surface area contributed by atoms with Gasteiger partial charge in [-0.2, -0.15) is 0 Å². The summed E-state index contributed by atoms with van der Waals surface area (Å²) in [6.45, 7) is 11.9. The minimum atomic E-state index is 0.908. The Labute approximate surface area is 75.9 Å². The summed E-state index contributed by atoms with van der Waals surface area (Å²) in [5.74, 6) is 0. The first kappa shape index (κ1) is 11.2. The van der Waals surface area contributed by atoms with Crippen LogP contribution in [-0.4, -0.2) is 13.1 Å². The Hall–Kier alpha value is -0.820. The molecule has 0 spiro atoms. The molecule has 0 aliphatic carbocycles. The molecule has 0 rings (SSSR count). The summed E-state index contributed by atoms with van der Waals surface area (Å²) < 4.78 is 0. The molecule has 0 atom stereocenters. The number of rotatable bonds is 5. The van der Waals surface area contributed by atoms with Crippen molar-refractivity contribution >= 4 is 0 Å². The molecule has 0 saturated heterocycles. The third kappa shape index (κ3) is 4.91. The van der Waals surface area contributed by atoms with Crippen LogP contribution in [0.25, 0.3) is 0 Å². The maximum Gasteiger partial charge on any atom is 0.0205 e. The van der Waals surface area contributed by atoms with E-state index in [1.54, 1.807) is 0 Å². The van der Waals surface area contributed by atoms with E-state index in [4.69, 9.17) is 0 Å². The maximum atomic E-state index is 3.77. The Kier molecular flexibility index (Phi) is 6.39. The summed E-state index contributed by atoms with van der Waals surface area (Å²) in [5.41, 5.74) is 2.52. The summed E-state index contributed by atoms with van der Waals surface area (Å²) in [7, 11) is 0. The van der Waals surface area contributed by atoms with Crippen molar-refractivity contribution in [2.24, 2.45) is 0 Å². The smallest absolute Gasteiger partial charge is 0.0205 e. The van der Waals surface area contributed by atoms with Crippen molar-refractivity contribution in [2.45, 2.75) is 20.8 Å². The summed E-state index contributed by atoms with van der Waals surface area (Å²) in [6.07, 6.45) is 6.14. The lowest BCUT2D eigenvalue weighted by atomic mass is 10.1. The van der Waals surface area contributed by atoms with E-state index in [0.29, 0.717) is 0 Å². The first-order chi connectivity index (χ1) is 5.74. The van der Waals surface area contributed by atoms with Gasteiger partial charge in [0, 0.05) is 6.54 Å². The second kappa shape index (κ2) is 6.86. The van der Waals surface area contributed by atoms with Gasteiger partial charge in [-0.05, 0) is 26.0 Å². The number of hydrogen-bond donors (Lipinski definition) is 1. The van der Waals surface area contributed by atoms with Gasteiger partial charge in [-0.25, -0.2) is 0 Å². The van der Waals surface area contributed by atoms with Gasteiger partial charge in [0.1, 0.15) is 0 Å². The molecule has 0 saturated carbocycles. The summed E-state index contributed by atoms with van der Waals surface area (Å²) >= 11 is 0. The summed E-state index contributed by atoms with van der Waals surface area (Å²) in [4.78, 5) is 0. The predicted octanol–water partition coefficient (Wildman–Crippen LogP) is 2.67. The lowest BCUT2D eigenvalue weighted by Gasteiger charge is -2.02. The Bertz CT molecular complexity index is 187. The SMILES string of the molecule is C=C/C(=C\C(C)=C/C)CNCC. The molecule has 12 heavy (non-hydrogen) atoms. The molecular weight excluding hydrogens is 146 g/mol. The molecule has 1 nitrogen and oxygen atoms in total. The molecule has 0 bridgehead atoms. The molecule has 0 heterocycles. The molecule has 0 radical (unpaired) electrons. The second-order valence-corrected chi connectivity index (χ2v) is 2.74. The topological polar surface area (TPSA) is 12.0 Å². The second-order valence-electron chi connectivity index (χ2n) is 2.74. The van der Waals surface area contributed by atoms with Crippen molar-refractivity contribution in [3.63, 3.8) is 0 Å². The molecule has 1 heteroatoms. The minimum absolute atomic E-state index is 0.908. The first-order valence-electron chi connectivity index (χ1n) is 4.41. The average Bonchev–Trinajstić information content (AvgIpc) is 2.11. The number of likely N-dealkylation sites (N-methyl/N-ethyl adjacent to an activating group) is 1. The molecule has 0 aromatic carbocycles. The van der Waals surface area contributed by atoms with Crippen LogP contribution in [0.15, 0.2) is 36.0 Å². The zero-order valence-electron chi connectivity index (χ0n) is 8.35. The van der Waals surface area contributed by atoms with Crippen molar-refractivity contribution in [3.8, 4) is 0 Å². The minimum Gasteiger partial charge on any atom is -0.313 e. The molecule has 0 unspecified atom stereocenters. The van der Waals surface area contributed by atoms with E-state index in [0.717, 1.165) is 13.1 Å². The highest BCUT2D eigenvalue weighted by molar-refractivity contribution is 5.28.